The van der Waals surface area contributed by atoms with Crippen LogP contribution in [0.1, 0.15) is 16.2 Å². The van der Waals surface area contributed by atoms with Gasteiger partial charge in [0.2, 0.25) is 5.82 Å². The molecule has 6 nitrogen and oxygen atoms in total. The molecular weight excluding hydrogens is 242 g/mol. The Bertz CT molecular complexity index is 666. The van der Waals surface area contributed by atoms with Crippen molar-refractivity contribution >= 4 is 11.6 Å². The highest BCUT2D eigenvalue weighted by Gasteiger charge is 2.13. The van der Waals surface area contributed by atoms with Crippen molar-refractivity contribution in [1.82, 2.24) is 14.5 Å². The zero-order chi connectivity index (χ0) is 14.0. The third-order valence-electron chi connectivity index (χ3n) is 2.68. The lowest BCUT2D eigenvalue weighted by Gasteiger charge is -2.13. The van der Waals surface area contributed by atoms with Crippen molar-refractivity contribution in [3.05, 3.63) is 42.0 Å². The van der Waals surface area contributed by atoms with Crippen molar-refractivity contribution in [2.75, 3.05) is 19.8 Å². The molecule has 2 rings (SSSR count). The van der Waals surface area contributed by atoms with Crippen LogP contribution in [0.15, 0.2) is 30.6 Å². The van der Waals surface area contributed by atoms with Crippen LogP contribution >= 0.6 is 0 Å². The summed E-state index contributed by atoms with van der Waals surface area (Å²) < 4.78 is 1.56. The Balaban J connectivity index is 2.56. The van der Waals surface area contributed by atoms with E-state index in [1.165, 1.54) is 11.1 Å². The summed E-state index contributed by atoms with van der Waals surface area (Å²) >= 11 is 0. The Labute approximate surface area is 110 Å². The fourth-order valence-electron chi connectivity index (χ4n) is 1.72. The Kier molecular flexibility index (Phi) is 3.21. The van der Waals surface area contributed by atoms with Crippen LogP contribution in [0.5, 0.6) is 0 Å². The number of hydrogen-bond donors (Lipinski definition) is 1. The van der Waals surface area contributed by atoms with Crippen molar-refractivity contribution in [2.45, 2.75) is 0 Å². The lowest BCUT2D eigenvalue weighted by atomic mass is 10.1. The molecule has 0 aliphatic carbocycles. The number of benzene rings is 1. The molecule has 0 spiro atoms. The van der Waals surface area contributed by atoms with Gasteiger partial charge in [-0.1, -0.05) is 0 Å². The van der Waals surface area contributed by atoms with Crippen LogP contribution in [0, 0.1) is 11.3 Å². The molecule has 1 amide bonds. The van der Waals surface area contributed by atoms with Crippen LogP contribution in [0.2, 0.25) is 0 Å². The molecule has 0 bridgehead atoms. The first-order chi connectivity index (χ1) is 9.04. The van der Waals surface area contributed by atoms with E-state index in [2.05, 4.69) is 4.98 Å². The fraction of sp³-hybridized carbons (Fsp3) is 0.154. The summed E-state index contributed by atoms with van der Waals surface area (Å²) in [6.45, 7) is 0. The number of nitrogens with two attached hydrogens (primary N) is 1. The van der Waals surface area contributed by atoms with Crippen LogP contribution in [0.3, 0.4) is 0 Å². The van der Waals surface area contributed by atoms with E-state index in [9.17, 15) is 4.79 Å². The van der Waals surface area contributed by atoms with Gasteiger partial charge in [0.1, 0.15) is 6.07 Å². The van der Waals surface area contributed by atoms with Crippen molar-refractivity contribution in [1.29, 1.82) is 5.26 Å². The largest absolute Gasteiger partial charge is 0.397 e. The van der Waals surface area contributed by atoms with Crippen molar-refractivity contribution in [3.63, 3.8) is 0 Å². The monoisotopic (exact) mass is 255 g/mol. The normalized spacial score (nSPS) is 9.95. The molecule has 2 aromatic rings. The quantitative estimate of drug-likeness (QED) is 0.812. The number of hydrogen-bond acceptors (Lipinski definition) is 4. The van der Waals surface area contributed by atoms with E-state index in [1.807, 2.05) is 6.07 Å². The average molecular weight is 255 g/mol. The molecule has 0 atom stereocenters. The first-order valence-electron chi connectivity index (χ1n) is 5.59. The van der Waals surface area contributed by atoms with Crippen molar-refractivity contribution in [2.24, 2.45) is 0 Å². The van der Waals surface area contributed by atoms with Gasteiger partial charge in [0.15, 0.2) is 0 Å². The Morgan fingerprint density at radius 3 is 2.84 bits per heavy atom. The standard InChI is InChI=1S/C13H13N5O/c1-17(2)13(19)9-3-4-10(15)11(7-9)18-6-5-16-12(18)8-14/h3-7H,15H2,1-2H3. The van der Waals surface area contributed by atoms with E-state index in [-0.39, 0.29) is 11.7 Å². The zero-order valence-corrected chi connectivity index (χ0v) is 10.7. The number of anilines is 1. The second-order valence-corrected chi connectivity index (χ2v) is 4.21. The average Bonchev–Trinajstić information content (AvgIpc) is 2.86. The molecule has 1 aromatic heterocycles. The van der Waals surface area contributed by atoms with Gasteiger partial charge in [-0.2, -0.15) is 5.26 Å². The molecular formula is C13H13N5O. The van der Waals surface area contributed by atoms with Crippen LogP contribution in [0.4, 0.5) is 5.69 Å². The van der Waals surface area contributed by atoms with E-state index in [0.717, 1.165) is 0 Å². The second kappa shape index (κ2) is 4.82. The number of nitrogen functional groups attached to an aromatic ring is 1. The van der Waals surface area contributed by atoms with Crippen molar-refractivity contribution < 1.29 is 4.79 Å². The van der Waals surface area contributed by atoms with E-state index in [1.54, 1.807) is 43.1 Å². The minimum Gasteiger partial charge on any atom is -0.397 e. The van der Waals surface area contributed by atoms with Crippen LogP contribution < -0.4 is 5.73 Å². The molecule has 1 aromatic carbocycles. The third-order valence-corrected chi connectivity index (χ3v) is 2.68. The van der Waals surface area contributed by atoms with E-state index >= 15 is 0 Å². The number of nitriles is 1. The predicted molar refractivity (Wildman–Crippen MR) is 70.7 cm³/mol. The molecule has 6 heteroatoms. The molecule has 0 fully saturated rings. The number of rotatable bonds is 2. The summed E-state index contributed by atoms with van der Waals surface area (Å²) in [5, 5.41) is 8.98. The molecule has 1 heterocycles. The van der Waals surface area contributed by atoms with E-state index < -0.39 is 0 Å². The van der Waals surface area contributed by atoms with Gasteiger partial charge >= 0.3 is 0 Å². The molecule has 0 radical (unpaired) electrons. The molecule has 0 saturated heterocycles. The summed E-state index contributed by atoms with van der Waals surface area (Å²) in [4.78, 5) is 17.3. The Hall–Kier alpha value is -2.81. The van der Waals surface area contributed by atoms with Gasteiger partial charge in [-0.3, -0.25) is 9.36 Å². The molecule has 0 aliphatic heterocycles. The summed E-state index contributed by atoms with van der Waals surface area (Å²) in [7, 11) is 3.35. The van der Waals surface area contributed by atoms with Gasteiger partial charge in [0, 0.05) is 32.1 Å². The summed E-state index contributed by atoms with van der Waals surface area (Å²) in [5.41, 5.74) is 7.45. The maximum Gasteiger partial charge on any atom is 0.253 e. The fourth-order valence-corrected chi connectivity index (χ4v) is 1.72. The van der Waals surface area contributed by atoms with E-state index in [4.69, 9.17) is 11.0 Å². The Morgan fingerprint density at radius 1 is 1.47 bits per heavy atom. The molecule has 0 unspecified atom stereocenters. The third kappa shape index (κ3) is 2.26. The molecule has 2 N–H and O–H groups in total. The molecule has 0 aliphatic rings. The number of nitrogens with zero attached hydrogens (tertiary/aromatic N) is 4. The minimum atomic E-state index is -0.125. The minimum absolute atomic E-state index is 0.125. The predicted octanol–water partition coefficient (Wildman–Crippen LogP) is 1.03. The van der Waals surface area contributed by atoms with Gasteiger partial charge in [0.25, 0.3) is 5.91 Å². The van der Waals surface area contributed by atoms with Crippen LogP contribution in [0.25, 0.3) is 5.69 Å². The van der Waals surface area contributed by atoms with Crippen LogP contribution in [-0.2, 0) is 0 Å². The van der Waals surface area contributed by atoms with Gasteiger partial charge in [-0.25, -0.2) is 4.98 Å². The second-order valence-electron chi connectivity index (χ2n) is 4.21. The maximum absolute atomic E-state index is 11.9. The highest BCUT2D eigenvalue weighted by atomic mass is 16.2. The number of amides is 1. The lowest BCUT2D eigenvalue weighted by Crippen LogP contribution is -2.22. The number of imidazole rings is 1. The highest BCUT2D eigenvalue weighted by molar-refractivity contribution is 5.95. The first-order valence-corrected chi connectivity index (χ1v) is 5.59. The molecule has 96 valence electrons. The molecule has 19 heavy (non-hydrogen) atoms. The number of carbonyl (C=O) groups is 1. The van der Waals surface area contributed by atoms with Crippen LogP contribution in [-0.4, -0.2) is 34.5 Å². The van der Waals surface area contributed by atoms with E-state index in [0.29, 0.717) is 16.9 Å². The van der Waals surface area contributed by atoms with Gasteiger partial charge in [-0.05, 0) is 18.2 Å². The summed E-state index contributed by atoms with van der Waals surface area (Å²) in [6.07, 6.45) is 3.15. The summed E-state index contributed by atoms with van der Waals surface area (Å²) in [6, 6.07) is 6.93. The maximum atomic E-state index is 11.9. The highest BCUT2D eigenvalue weighted by Crippen LogP contribution is 2.21. The van der Waals surface area contributed by atoms with Gasteiger partial charge in [-0.15, -0.1) is 0 Å². The SMILES string of the molecule is CN(C)C(=O)c1ccc(N)c(-n2ccnc2C#N)c1. The van der Waals surface area contributed by atoms with Gasteiger partial charge < -0.3 is 10.6 Å². The van der Waals surface area contributed by atoms with Crippen molar-refractivity contribution in [3.8, 4) is 11.8 Å². The summed E-state index contributed by atoms with van der Waals surface area (Å²) in [5.74, 6) is 0.0982. The number of aromatic nitrogens is 2. The lowest BCUT2D eigenvalue weighted by molar-refractivity contribution is 0.0827. The number of carbonyl (C=O) groups excluding carboxylic acids is 1. The first kappa shape index (κ1) is 12.6. The Morgan fingerprint density at radius 2 is 2.21 bits per heavy atom. The molecule has 0 saturated carbocycles. The zero-order valence-electron chi connectivity index (χ0n) is 10.7. The topological polar surface area (TPSA) is 87.9 Å². The smallest absolute Gasteiger partial charge is 0.253 e. The van der Waals surface area contributed by atoms with Gasteiger partial charge in [0.05, 0.1) is 11.4 Å².